The summed E-state index contributed by atoms with van der Waals surface area (Å²) in [5.74, 6) is 0.657. The van der Waals surface area contributed by atoms with Crippen molar-refractivity contribution in [1.29, 1.82) is 0 Å². The van der Waals surface area contributed by atoms with E-state index < -0.39 is 0 Å². The lowest BCUT2D eigenvalue weighted by Gasteiger charge is -2.20. The third-order valence-corrected chi connectivity index (χ3v) is 1.34. The summed E-state index contributed by atoms with van der Waals surface area (Å²) >= 11 is 0. The molecule has 0 aliphatic carbocycles. The van der Waals surface area contributed by atoms with Gasteiger partial charge < -0.3 is 0 Å². The van der Waals surface area contributed by atoms with Crippen molar-refractivity contribution < 1.29 is 0 Å². The molecule has 0 N–H and O–H groups in total. The summed E-state index contributed by atoms with van der Waals surface area (Å²) in [5.41, 5.74) is 0.452. The van der Waals surface area contributed by atoms with Gasteiger partial charge in [-0.05, 0) is 17.8 Å². The standard InChI is InChI=1S/C9H18/c1-6-8(2)7-9(3,4)5/h6,8H,1,7H2,2-5H3/t8-/m0/s1. The molecule has 0 aliphatic rings. The Balaban J connectivity index is 3.59. The highest BCUT2D eigenvalue weighted by Gasteiger charge is 2.12. The molecule has 0 bridgehead atoms. The Kier molecular flexibility index (Phi) is 2.96. The number of rotatable bonds is 2. The van der Waals surface area contributed by atoms with E-state index in [-0.39, 0.29) is 0 Å². The molecule has 0 amide bonds. The van der Waals surface area contributed by atoms with Crippen molar-refractivity contribution in [3.8, 4) is 0 Å². The van der Waals surface area contributed by atoms with Crippen molar-refractivity contribution in [2.75, 3.05) is 0 Å². The summed E-state index contributed by atoms with van der Waals surface area (Å²) in [4.78, 5) is 0. The summed E-state index contributed by atoms with van der Waals surface area (Å²) in [6, 6.07) is 0. The third-order valence-electron chi connectivity index (χ3n) is 1.34. The Labute approximate surface area is 59.0 Å². The summed E-state index contributed by atoms with van der Waals surface area (Å²) < 4.78 is 0. The molecule has 0 aromatic heterocycles. The maximum absolute atomic E-state index is 3.74. The minimum atomic E-state index is 0.452. The Morgan fingerprint density at radius 2 is 1.89 bits per heavy atom. The lowest BCUT2D eigenvalue weighted by Crippen LogP contribution is -2.08. The average Bonchev–Trinajstić information content (AvgIpc) is 1.62. The van der Waals surface area contributed by atoms with Crippen LogP contribution < -0.4 is 0 Å². The Bertz CT molecular complexity index is 84.7. The topological polar surface area (TPSA) is 0 Å². The van der Waals surface area contributed by atoms with E-state index in [2.05, 4.69) is 34.3 Å². The van der Waals surface area contributed by atoms with Crippen molar-refractivity contribution in [2.24, 2.45) is 11.3 Å². The quantitative estimate of drug-likeness (QED) is 0.498. The highest BCUT2D eigenvalue weighted by Crippen LogP contribution is 2.24. The molecule has 0 rings (SSSR count). The van der Waals surface area contributed by atoms with Crippen molar-refractivity contribution in [1.82, 2.24) is 0 Å². The molecule has 0 aromatic rings. The van der Waals surface area contributed by atoms with Crippen LogP contribution in [0, 0.1) is 11.3 Å². The molecule has 0 nitrogen and oxygen atoms in total. The number of allylic oxidation sites excluding steroid dienone is 1. The first-order valence-electron chi connectivity index (χ1n) is 3.58. The van der Waals surface area contributed by atoms with E-state index in [4.69, 9.17) is 0 Å². The zero-order valence-electron chi connectivity index (χ0n) is 7.07. The van der Waals surface area contributed by atoms with Crippen LogP contribution in [0.1, 0.15) is 34.1 Å². The molecule has 0 aromatic carbocycles. The normalized spacial score (nSPS) is 15.1. The molecule has 9 heavy (non-hydrogen) atoms. The first-order chi connectivity index (χ1) is 3.95. The van der Waals surface area contributed by atoms with Gasteiger partial charge in [-0.3, -0.25) is 0 Å². The third kappa shape index (κ3) is 5.61. The molecule has 0 heterocycles. The molecule has 1 atom stereocenters. The van der Waals surface area contributed by atoms with Crippen LogP contribution in [0.25, 0.3) is 0 Å². The Hall–Kier alpha value is -0.260. The fourth-order valence-electron chi connectivity index (χ4n) is 1.05. The van der Waals surface area contributed by atoms with Crippen molar-refractivity contribution in [2.45, 2.75) is 34.1 Å². The van der Waals surface area contributed by atoms with Crippen molar-refractivity contribution >= 4 is 0 Å². The molecule has 0 fully saturated rings. The molecule has 0 saturated carbocycles. The lowest BCUT2D eigenvalue weighted by atomic mass is 9.86. The monoisotopic (exact) mass is 126 g/mol. The van der Waals surface area contributed by atoms with E-state index in [1.54, 1.807) is 0 Å². The van der Waals surface area contributed by atoms with Crippen LogP contribution >= 0.6 is 0 Å². The predicted molar refractivity (Wildman–Crippen MR) is 43.4 cm³/mol. The molecule has 54 valence electrons. The van der Waals surface area contributed by atoms with E-state index in [0.29, 0.717) is 11.3 Å². The van der Waals surface area contributed by atoms with E-state index in [1.807, 2.05) is 6.08 Å². The molecule has 0 unspecified atom stereocenters. The summed E-state index contributed by atoms with van der Waals surface area (Å²) in [6.07, 6.45) is 3.25. The molecule has 0 heteroatoms. The van der Waals surface area contributed by atoms with Gasteiger partial charge in [-0.15, -0.1) is 6.58 Å². The van der Waals surface area contributed by atoms with E-state index in [0.717, 1.165) is 0 Å². The summed E-state index contributed by atoms with van der Waals surface area (Å²) in [7, 11) is 0. The smallest absolute Gasteiger partial charge is 0.0260 e. The van der Waals surface area contributed by atoms with Crippen LogP contribution in [0.3, 0.4) is 0 Å². The second-order valence-electron chi connectivity index (χ2n) is 3.98. The van der Waals surface area contributed by atoms with Gasteiger partial charge >= 0.3 is 0 Å². The second kappa shape index (κ2) is 3.05. The zero-order chi connectivity index (χ0) is 7.49. The fraction of sp³-hybridized carbons (Fsp3) is 0.778. The van der Waals surface area contributed by atoms with Gasteiger partial charge in [0.1, 0.15) is 0 Å². The number of hydrogen-bond acceptors (Lipinski definition) is 0. The molecular weight excluding hydrogens is 108 g/mol. The Morgan fingerprint density at radius 1 is 1.44 bits per heavy atom. The van der Waals surface area contributed by atoms with E-state index >= 15 is 0 Å². The SMILES string of the molecule is C=C[C@H](C)CC(C)(C)C. The molecule has 0 spiro atoms. The molecule has 0 radical (unpaired) electrons. The van der Waals surface area contributed by atoms with Gasteiger partial charge in [0, 0.05) is 0 Å². The van der Waals surface area contributed by atoms with Crippen LogP contribution in [0.15, 0.2) is 12.7 Å². The summed E-state index contributed by atoms with van der Waals surface area (Å²) in [5, 5.41) is 0. The van der Waals surface area contributed by atoms with Crippen LogP contribution in [-0.4, -0.2) is 0 Å². The van der Waals surface area contributed by atoms with Crippen LogP contribution in [0.2, 0.25) is 0 Å². The fourth-order valence-corrected chi connectivity index (χ4v) is 1.05. The van der Waals surface area contributed by atoms with E-state index in [9.17, 15) is 0 Å². The average molecular weight is 126 g/mol. The van der Waals surface area contributed by atoms with Crippen molar-refractivity contribution in [3.05, 3.63) is 12.7 Å². The van der Waals surface area contributed by atoms with E-state index in [1.165, 1.54) is 6.42 Å². The van der Waals surface area contributed by atoms with Gasteiger partial charge in [0.15, 0.2) is 0 Å². The molecule has 0 saturated heterocycles. The maximum atomic E-state index is 3.74. The van der Waals surface area contributed by atoms with Gasteiger partial charge in [-0.25, -0.2) is 0 Å². The minimum absolute atomic E-state index is 0.452. The Morgan fingerprint density at radius 3 is 2.00 bits per heavy atom. The minimum Gasteiger partial charge on any atom is -0.103 e. The van der Waals surface area contributed by atoms with Crippen LogP contribution in [0.5, 0.6) is 0 Å². The second-order valence-corrected chi connectivity index (χ2v) is 3.98. The number of hydrogen-bond donors (Lipinski definition) is 0. The molecule has 0 aliphatic heterocycles. The van der Waals surface area contributed by atoms with Gasteiger partial charge in [0.05, 0.1) is 0 Å². The van der Waals surface area contributed by atoms with Gasteiger partial charge in [-0.1, -0.05) is 33.8 Å². The van der Waals surface area contributed by atoms with Crippen LogP contribution in [0.4, 0.5) is 0 Å². The largest absolute Gasteiger partial charge is 0.103 e. The predicted octanol–water partition coefficient (Wildman–Crippen LogP) is 3.24. The van der Waals surface area contributed by atoms with Gasteiger partial charge in [-0.2, -0.15) is 0 Å². The molecular formula is C9H18. The first-order valence-corrected chi connectivity index (χ1v) is 3.58. The van der Waals surface area contributed by atoms with Gasteiger partial charge in [0.2, 0.25) is 0 Å². The lowest BCUT2D eigenvalue weighted by molar-refractivity contribution is 0.337. The summed E-state index contributed by atoms with van der Waals surface area (Å²) in [6.45, 7) is 12.7. The van der Waals surface area contributed by atoms with Crippen molar-refractivity contribution in [3.63, 3.8) is 0 Å². The maximum Gasteiger partial charge on any atom is -0.0260 e. The highest BCUT2D eigenvalue weighted by atomic mass is 14.2. The highest BCUT2D eigenvalue weighted by molar-refractivity contribution is 4.79. The van der Waals surface area contributed by atoms with Crippen LogP contribution in [-0.2, 0) is 0 Å². The van der Waals surface area contributed by atoms with Gasteiger partial charge in [0.25, 0.3) is 0 Å². The zero-order valence-corrected chi connectivity index (χ0v) is 7.07. The first kappa shape index (κ1) is 8.74.